The van der Waals surface area contributed by atoms with Gasteiger partial charge in [-0.1, -0.05) is 0 Å². The number of hydrogen-bond acceptors (Lipinski definition) is 5. The van der Waals surface area contributed by atoms with Crippen molar-refractivity contribution in [2.24, 2.45) is 0 Å². The van der Waals surface area contributed by atoms with Crippen LogP contribution in [0.3, 0.4) is 0 Å². The summed E-state index contributed by atoms with van der Waals surface area (Å²) < 4.78 is 31.3. The predicted molar refractivity (Wildman–Crippen MR) is 70.0 cm³/mol. The maximum atomic E-state index is 12.4. The minimum absolute atomic E-state index is 0.0438. The Hall–Kier alpha value is -1.51. The van der Waals surface area contributed by atoms with Crippen molar-refractivity contribution < 1.29 is 23.1 Å². The molecule has 1 aliphatic heterocycles. The molecule has 0 saturated carbocycles. The van der Waals surface area contributed by atoms with Crippen LogP contribution in [0.5, 0.6) is 0 Å². The lowest BCUT2D eigenvalue weighted by Crippen LogP contribution is -2.40. The third kappa shape index (κ3) is 2.97. The highest BCUT2D eigenvalue weighted by Gasteiger charge is 2.30. The number of hydrogen-bond donors (Lipinski definition) is 1. The summed E-state index contributed by atoms with van der Waals surface area (Å²) in [7, 11) is -2.20. The lowest BCUT2D eigenvalue weighted by Gasteiger charge is -2.30. The summed E-state index contributed by atoms with van der Waals surface area (Å²) in [4.78, 5) is 14.5. The number of rotatable bonds is 4. The summed E-state index contributed by atoms with van der Waals surface area (Å²) in [5, 5.41) is 8.64. The van der Waals surface area contributed by atoms with Crippen molar-refractivity contribution in [2.45, 2.75) is 23.9 Å². The Labute approximate surface area is 117 Å². The molecule has 1 aliphatic rings. The van der Waals surface area contributed by atoms with Crippen molar-refractivity contribution in [3.8, 4) is 0 Å². The van der Waals surface area contributed by atoms with Gasteiger partial charge in [0.15, 0.2) is 5.03 Å². The van der Waals surface area contributed by atoms with Gasteiger partial charge in [0.25, 0.3) is 10.0 Å². The number of aromatic nitrogens is 1. The van der Waals surface area contributed by atoms with Gasteiger partial charge in [0.1, 0.15) is 0 Å². The molecular formula is C12H16N2O5S. The Kier molecular flexibility index (Phi) is 4.36. The van der Waals surface area contributed by atoms with E-state index in [1.807, 2.05) is 0 Å². The Bertz CT molecular complexity index is 578. The molecule has 0 spiro atoms. The van der Waals surface area contributed by atoms with Crippen LogP contribution in [-0.4, -0.2) is 55.1 Å². The van der Waals surface area contributed by atoms with E-state index in [0.717, 1.165) is 6.20 Å². The van der Waals surface area contributed by atoms with Gasteiger partial charge in [-0.2, -0.15) is 4.31 Å². The molecule has 2 heterocycles. The van der Waals surface area contributed by atoms with E-state index >= 15 is 0 Å². The highest BCUT2D eigenvalue weighted by atomic mass is 32.2. The third-order valence-corrected chi connectivity index (χ3v) is 5.16. The molecule has 0 bridgehead atoms. The van der Waals surface area contributed by atoms with E-state index in [1.165, 1.54) is 23.5 Å². The fraction of sp³-hybridized carbons (Fsp3) is 0.500. The van der Waals surface area contributed by atoms with Crippen LogP contribution in [-0.2, 0) is 14.8 Å². The number of carboxylic acids is 1. The zero-order valence-corrected chi connectivity index (χ0v) is 11.8. The van der Waals surface area contributed by atoms with Crippen LogP contribution in [0.2, 0.25) is 0 Å². The standard InChI is InChI=1S/C12H16N2O5S/c1-14(10-4-6-19-7-5-10)20(17,18)11-3-2-9(8-13-11)12(15)16/h2-3,8,10H,4-7H2,1H3,(H,15,16). The first kappa shape index (κ1) is 14.9. The van der Waals surface area contributed by atoms with Crippen LogP contribution < -0.4 is 0 Å². The summed E-state index contributed by atoms with van der Waals surface area (Å²) >= 11 is 0. The first-order valence-corrected chi connectivity index (χ1v) is 7.62. The topological polar surface area (TPSA) is 96.8 Å². The van der Waals surface area contributed by atoms with E-state index < -0.39 is 16.0 Å². The van der Waals surface area contributed by atoms with E-state index in [9.17, 15) is 13.2 Å². The van der Waals surface area contributed by atoms with Crippen LogP contribution in [0.4, 0.5) is 0 Å². The number of nitrogens with zero attached hydrogens (tertiary/aromatic N) is 2. The Morgan fingerprint density at radius 3 is 2.55 bits per heavy atom. The van der Waals surface area contributed by atoms with Crippen LogP contribution in [0, 0.1) is 0 Å². The fourth-order valence-electron chi connectivity index (χ4n) is 2.05. The van der Waals surface area contributed by atoms with Crippen molar-refractivity contribution in [3.63, 3.8) is 0 Å². The molecule has 0 amide bonds. The highest BCUT2D eigenvalue weighted by Crippen LogP contribution is 2.20. The van der Waals surface area contributed by atoms with E-state index in [2.05, 4.69) is 4.98 Å². The molecule has 1 saturated heterocycles. The second-order valence-electron chi connectivity index (χ2n) is 4.56. The largest absolute Gasteiger partial charge is 0.478 e. The average molecular weight is 300 g/mol. The van der Waals surface area contributed by atoms with Gasteiger partial charge in [0, 0.05) is 32.5 Å². The lowest BCUT2D eigenvalue weighted by molar-refractivity contribution is 0.0631. The SMILES string of the molecule is CN(C1CCOCC1)S(=O)(=O)c1ccc(C(=O)O)cn1. The monoisotopic (exact) mass is 300 g/mol. The van der Waals surface area contributed by atoms with Gasteiger partial charge in [-0.3, -0.25) is 0 Å². The molecule has 0 aromatic carbocycles. The minimum atomic E-state index is -3.71. The van der Waals surface area contributed by atoms with Crippen molar-refractivity contribution in [3.05, 3.63) is 23.9 Å². The molecule has 0 radical (unpaired) electrons. The lowest BCUT2D eigenvalue weighted by atomic mass is 10.1. The molecule has 20 heavy (non-hydrogen) atoms. The number of sulfonamides is 1. The van der Waals surface area contributed by atoms with E-state index in [0.29, 0.717) is 26.1 Å². The molecular weight excluding hydrogens is 284 g/mol. The second kappa shape index (κ2) is 5.86. The number of carbonyl (C=O) groups is 1. The summed E-state index contributed by atoms with van der Waals surface area (Å²) in [5.41, 5.74) is -0.0438. The van der Waals surface area contributed by atoms with E-state index in [-0.39, 0.29) is 16.6 Å². The van der Waals surface area contributed by atoms with Crippen LogP contribution in [0.15, 0.2) is 23.4 Å². The quantitative estimate of drug-likeness (QED) is 0.873. The van der Waals surface area contributed by atoms with Crippen LogP contribution in [0.1, 0.15) is 23.2 Å². The van der Waals surface area contributed by atoms with Gasteiger partial charge in [-0.15, -0.1) is 0 Å². The Morgan fingerprint density at radius 1 is 1.40 bits per heavy atom. The molecule has 7 nitrogen and oxygen atoms in total. The summed E-state index contributed by atoms with van der Waals surface area (Å²) in [5.74, 6) is -1.14. The van der Waals surface area contributed by atoms with Crippen molar-refractivity contribution in [1.82, 2.24) is 9.29 Å². The van der Waals surface area contributed by atoms with Gasteiger partial charge in [0.05, 0.1) is 5.56 Å². The first-order chi connectivity index (χ1) is 9.43. The number of carboxylic acid groups (broad SMARTS) is 1. The molecule has 110 valence electrons. The summed E-state index contributed by atoms with van der Waals surface area (Å²) in [6, 6.07) is 2.34. The molecule has 1 aromatic rings. The fourth-order valence-corrected chi connectivity index (χ4v) is 3.38. The predicted octanol–water partition coefficient (Wildman–Crippen LogP) is 0.579. The number of pyridine rings is 1. The number of aromatic carboxylic acids is 1. The van der Waals surface area contributed by atoms with Crippen molar-refractivity contribution in [2.75, 3.05) is 20.3 Å². The zero-order chi connectivity index (χ0) is 14.8. The molecule has 8 heteroatoms. The molecule has 1 N–H and O–H groups in total. The van der Waals surface area contributed by atoms with Crippen molar-refractivity contribution in [1.29, 1.82) is 0 Å². The molecule has 2 rings (SSSR count). The van der Waals surface area contributed by atoms with Crippen LogP contribution in [0.25, 0.3) is 0 Å². The van der Waals surface area contributed by atoms with Gasteiger partial charge in [-0.05, 0) is 25.0 Å². The average Bonchev–Trinajstić information content (AvgIpc) is 2.47. The molecule has 0 unspecified atom stereocenters. The van der Waals surface area contributed by atoms with Gasteiger partial charge in [0.2, 0.25) is 0 Å². The van der Waals surface area contributed by atoms with Crippen molar-refractivity contribution >= 4 is 16.0 Å². The maximum absolute atomic E-state index is 12.4. The second-order valence-corrected chi connectivity index (χ2v) is 6.50. The van der Waals surface area contributed by atoms with E-state index in [4.69, 9.17) is 9.84 Å². The summed E-state index contributed by atoms with van der Waals surface area (Å²) in [6.45, 7) is 1.08. The Morgan fingerprint density at radius 2 is 2.05 bits per heavy atom. The minimum Gasteiger partial charge on any atom is -0.478 e. The number of ether oxygens (including phenoxy) is 1. The molecule has 1 fully saturated rings. The maximum Gasteiger partial charge on any atom is 0.337 e. The highest BCUT2D eigenvalue weighted by molar-refractivity contribution is 7.89. The van der Waals surface area contributed by atoms with Gasteiger partial charge < -0.3 is 9.84 Å². The zero-order valence-electron chi connectivity index (χ0n) is 11.0. The van der Waals surface area contributed by atoms with E-state index in [1.54, 1.807) is 0 Å². The normalized spacial score (nSPS) is 17.3. The smallest absolute Gasteiger partial charge is 0.337 e. The third-order valence-electron chi connectivity index (χ3n) is 3.33. The van der Waals surface area contributed by atoms with Gasteiger partial charge >= 0.3 is 5.97 Å². The summed E-state index contributed by atoms with van der Waals surface area (Å²) in [6.07, 6.45) is 2.33. The van der Waals surface area contributed by atoms with Gasteiger partial charge in [-0.25, -0.2) is 18.2 Å². The Balaban J connectivity index is 2.22. The molecule has 0 aliphatic carbocycles. The van der Waals surface area contributed by atoms with Crippen LogP contribution >= 0.6 is 0 Å². The molecule has 1 aromatic heterocycles. The molecule has 0 atom stereocenters. The first-order valence-electron chi connectivity index (χ1n) is 6.18.